The van der Waals surface area contributed by atoms with Gasteiger partial charge in [0.2, 0.25) is 0 Å². The van der Waals surface area contributed by atoms with Gasteiger partial charge < -0.3 is 27.4 Å². The summed E-state index contributed by atoms with van der Waals surface area (Å²) in [5.41, 5.74) is 1.31. The summed E-state index contributed by atoms with van der Waals surface area (Å²) in [5, 5.41) is 6.16. The van der Waals surface area contributed by atoms with Crippen LogP contribution in [0.2, 0.25) is 0 Å². The van der Waals surface area contributed by atoms with Gasteiger partial charge in [-0.25, -0.2) is 4.98 Å². The Bertz CT molecular complexity index is 292. The van der Waals surface area contributed by atoms with Gasteiger partial charge in [-0.3, -0.25) is 4.79 Å². The van der Waals surface area contributed by atoms with Gasteiger partial charge in [0.05, 0.1) is 6.33 Å². The van der Waals surface area contributed by atoms with E-state index in [-0.39, 0.29) is 45.3 Å². The van der Waals surface area contributed by atoms with Gasteiger partial charge in [0.15, 0.2) is 5.78 Å². The first-order valence-electron chi connectivity index (χ1n) is 4.09. The number of aromatic amines is 1. The van der Waals surface area contributed by atoms with Crippen LogP contribution in [0.1, 0.15) is 19.5 Å². The van der Waals surface area contributed by atoms with E-state index in [0.717, 1.165) is 5.69 Å². The molecule has 1 aromatic heterocycles. The number of rotatable bonds is 2. The summed E-state index contributed by atoms with van der Waals surface area (Å²) in [4.78, 5) is 17.0. The molecule has 0 saturated heterocycles. The predicted octanol–water partition coefficient (Wildman–Crippen LogP) is -1.06. The molecule has 0 aliphatic carbocycles. The van der Waals surface area contributed by atoms with Crippen molar-refractivity contribution in [1.82, 2.24) is 9.97 Å². The average molecular weight is 355 g/mol. The number of halogens is 2. The second-order valence-electron chi connectivity index (χ2n) is 2.89. The van der Waals surface area contributed by atoms with Crippen LogP contribution in [0.4, 0.5) is 0 Å². The van der Waals surface area contributed by atoms with Crippen LogP contribution in [0.25, 0.3) is 0 Å². The number of hydrogen-bond donors (Lipinski definition) is 2. The summed E-state index contributed by atoms with van der Waals surface area (Å²) in [5.74, 6) is -0.167. The number of H-pyrrole nitrogens is 1. The number of carbonyl (C=O) groups excluding carboxylic acids is 1. The number of carbonyl (C=O) groups is 1. The Balaban J connectivity index is -0.000000192. The summed E-state index contributed by atoms with van der Waals surface area (Å²) >= 11 is 5.38. The molecule has 1 rings (SSSR count). The molecule has 0 aliphatic heterocycles. The molecule has 1 atom stereocenters. The van der Waals surface area contributed by atoms with Crippen molar-refractivity contribution in [2.75, 3.05) is 0 Å². The molecule has 1 radical (unpaired) electrons. The van der Waals surface area contributed by atoms with E-state index in [4.69, 9.17) is 17.0 Å². The Morgan fingerprint density at radius 1 is 1.56 bits per heavy atom. The van der Waals surface area contributed by atoms with Crippen molar-refractivity contribution in [3.63, 3.8) is 0 Å². The van der Waals surface area contributed by atoms with E-state index in [1.54, 1.807) is 12.5 Å². The minimum Gasteiger partial charge on any atom is -1.00 e. The first kappa shape index (κ1) is 21.1. The number of aryl methyl sites for hydroxylation is 1. The maximum absolute atomic E-state index is 10.3. The van der Waals surface area contributed by atoms with Crippen molar-refractivity contribution in [2.45, 2.75) is 26.1 Å². The van der Waals surface area contributed by atoms with Gasteiger partial charge in [-0.1, -0.05) is 0 Å². The number of aromatic nitrogens is 2. The summed E-state index contributed by atoms with van der Waals surface area (Å²) in [6.07, 6.45) is 3.44. The van der Waals surface area contributed by atoms with Crippen molar-refractivity contribution >= 4 is 23.1 Å². The number of Topliss-reactive ketones (excluding diaryl/α,β-unsaturated/α-hetero) is 1. The molecule has 0 amide bonds. The van der Waals surface area contributed by atoms with Gasteiger partial charge in [0.1, 0.15) is 5.38 Å². The van der Waals surface area contributed by atoms with Crippen molar-refractivity contribution in [3.8, 4) is 0 Å². The Morgan fingerprint density at radius 2 is 2.06 bits per heavy atom. The summed E-state index contributed by atoms with van der Waals surface area (Å²) < 4.78 is 0. The zero-order chi connectivity index (χ0) is 11.1. The molecule has 95 valence electrons. The van der Waals surface area contributed by atoms with Crippen LogP contribution in [-0.4, -0.2) is 26.8 Å². The van der Waals surface area contributed by atoms with E-state index in [9.17, 15) is 4.79 Å². The van der Waals surface area contributed by atoms with E-state index < -0.39 is 5.38 Å². The Labute approximate surface area is 121 Å². The number of alkyl halides is 1. The summed E-state index contributed by atoms with van der Waals surface area (Å²) in [6, 6.07) is 0. The maximum atomic E-state index is 10.3. The van der Waals surface area contributed by atoms with E-state index in [0.29, 0.717) is 0 Å². The van der Waals surface area contributed by atoms with Crippen LogP contribution in [0, 0.1) is 12.3 Å². The second kappa shape index (κ2) is 11.3. The standard InChI is InChI=1S/C5H8ClNO.C4H6N2.BrH.Co/c1-3(7)5(6)4(2)8;1-4-2-5-3-6-4;;/h5,7H,1-2H3;2-3H,1H3,(H,5,6);1H;/p-1. The van der Waals surface area contributed by atoms with Crippen molar-refractivity contribution in [3.05, 3.63) is 18.2 Å². The average Bonchev–Trinajstić information content (AvgIpc) is 2.55. The van der Waals surface area contributed by atoms with Crippen LogP contribution in [0.15, 0.2) is 12.5 Å². The molecule has 0 aromatic carbocycles. The normalized spacial score (nSPS) is 9.75. The van der Waals surface area contributed by atoms with Gasteiger partial charge in [-0.2, -0.15) is 0 Å². The molecule has 4 nitrogen and oxygen atoms in total. The molecule has 1 heterocycles. The van der Waals surface area contributed by atoms with E-state index >= 15 is 0 Å². The van der Waals surface area contributed by atoms with E-state index in [1.165, 1.54) is 13.8 Å². The smallest absolute Gasteiger partial charge is 0.153 e. The van der Waals surface area contributed by atoms with Crippen LogP contribution in [0.5, 0.6) is 0 Å². The third-order valence-electron chi connectivity index (χ3n) is 1.37. The fraction of sp³-hybridized carbons (Fsp3) is 0.444. The molecule has 2 N–H and O–H groups in total. The molecular formula is C9H14BrClCoN3O-. The number of hydrogen-bond acceptors (Lipinski definition) is 3. The topological polar surface area (TPSA) is 69.6 Å². The molecule has 0 aliphatic rings. The van der Waals surface area contributed by atoms with Gasteiger partial charge in [-0.15, -0.1) is 11.6 Å². The fourth-order valence-corrected chi connectivity index (χ4v) is 0.630. The first-order chi connectivity index (χ1) is 6.45. The van der Waals surface area contributed by atoms with Gasteiger partial charge in [0.25, 0.3) is 0 Å². The zero-order valence-electron chi connectivity index (χ0n) is 9.18. The molecule has 16 heavy (non-hydrogen) atoms. The van der Waals surface area contributed by atoms with Crippen molar-refractivity contribution < 1.29 is 38.6 Å². The predicted molar refractivity (Wildman–Crippen MR) is 57.0 cm³/mol. The minimum atomic E-state index is -0.713. The van der Waals surface area contributed by atoms with Gasteiger partial charge >= 0.3 is 0 Å². The quantitative estimate of drug-likeness (QED) is 0.525. The molecule has 1 aromatic rings. The maximum Gasteiger partial charge on any atom is 0.153 e. The van der Waals surface area contributed by atoms with Crippen LogP contribution < -0.4 is 17.0 Å². The van der Waals surface area contributed by atoms with E-state index in [1.807, 2.05) is 6.92 Å². The molecule has 7 heteroatoms. The van der Waals surface area contributed by atoms with Gasteiger partial charge in [-0.05, 0) is 20.8 Å². The minimum absolute atomic E-state index is 0. The molecule has 1 unspecified atom stereocenters. The molecular weight excluding hydrogens is 340 g/mol. The Kier molecular flexibility index (Phi) is 15.0. The Hall–Kier alpha value is -0.174. The summed E-state index contributed by atoms with van der Waals surface area (Å²) in [7, 11) is 0. The number of ketones is 1. The molecule has 0 spiro atoms. The third-order valence-corrected chi connectivity index (χ3v) is 2.01. The SMILES string of the molecule is CC(=N)C(Cl)C(C)=O.Cc1cnc[nH]1.[Br-].[Co]. The Morgan fingerprint density at radius 3 is 2.12 bits per heavy atom. The van der Waals surface area contributed by atoms with Crippen LogP contribution in [-0.2, 0) is 21.6 Å². The number of imidazole rings is 1. The first-order valence-corrected chi connectivity index (χ1v) is 4.53. The second-order valence-corrected chi connectivity index (χ2v) is 3.33. The van der Waals surface area contributed by atoms with E-state index in [2.05, 4.69) is 9.97 Å². The number of nitrogens with zero attached hydrogens (tertiary/aromatic N) is 1. The fourth-order valence-electron chi connectivity index (χ4n) is 0.630. The monoisotopic (exact) mass is 353 g/mol. The van der Waals surface area contributed by atoms with Crippen LogP contribution >= 0.6 is 11.6 Å². The molecule has 0 saturated carbocycles. The van der Waals surface area contributed by atoms with Crippen molar-refractivity contribution in [2.24, 2.45) is 0 Å². The molecule has 0 bridgehead atoms. The van der Waals surface area contributed by atoms with Crippen LogP contribution in [0.3, 0.4) is 0 Å². The molecule has 0 fully saturated rings. The van der Waals surface area contributed by atoms with Gasteiger partial charge in [0, 0.05) is 34.4 Å². The third kappa shape index (κ3) is 10.3. The largest absolute Gasteiger partial charge is 1.00 e. The van der Waals surface area contributed by atoms with Crippen molar-refractivity contribution in [1.29, 1.82) is 5.41 Å². The number of nitrogens with one attached hydrogen (secondary N) is 2. The summed E-state index contributed by atoms with van der Waals surface area (Å²) in [6.45, 7) is 4.85. The zero-order valence-corrected chi connectivity index (χ0v) is 12.6.